The molecular weight excluding hydrogens is 485 g/mol. The average Bonchev–Trinajstić information content (AvgIpc) is 2.95. The van der Waals surface area contributed by atoms with Crippen molar-refractivity contribution < 1.29 is 18.7 Å². The summed E-state index contributed by atoms with van der Waals surface area (Å²) >= 11 is 0. The first-order chi connectivity index (χ1) is 18.5. The molecular formula is C29H30FN5O3. The molecule has 0 radical (unpaired) electrons. The highest BCUT2D eigenvalue weighted by Crippen LogP contribution is 2.25. The lowest BCUT2D eigenvalue weighted by molar-refractivity contribution is 0.0819. The van der Waals surface area contributed by atoms with E-state index in [1.165, 1.54) is 19.2 Å². The van der Waals surface area contributed by atoms with Gasteiger partial charge in [0.1, 0.15) is 11.6 Å². The number of methoxy groups -OCH3 is 1. The quantitative estimate of drug-likeness (QED) is 0.448. The van der Waals surface area contributed by atoms with Gasteiger partial charge in [-0.25, -0.2) is 14.2 Å². The van der Waals surface area contributed by atoms with Gasteiger partial charge in [0.2, 0.25) is 0 Å². The second kappa shape index (κ2) is 12.7. The van der Waals surface area contributed by atoms with Crippen LogP contribution in [0.1, 0.15) is 40.7 Å². The predicted molar refractivity (Wildman–Crippen MR) is 142 cm³/mol. The van der Waals surface area contributed by atoms with E-state index in [0.29, 0.717) is 47.7 Å². The molecule has 2 N–H and O–H groups in total. The van der Waals surface area contributed by atoms with E-state index >= 15 is 0 Å². The molecule has 4 rings (SSSR count). The van der Waals surface area contributed by atoms with Gasteiger partial charge in [0.05, 0.1) is 36.0 Å². The fourth-order valence-corrected chi connectivity index (χ4v) is 4.62. The molecule has 1 aliphatic heterocycles. The minimum atomic E-state index is -0.397. The minimum Gasteiger partial charge on any atom is -0.453 e. The Labute approximate surface area is 221 Å². The number of hydrogen-bond acceptors (Lipinski definition) is 6. The van der Waals surface area contributed by atoms with Crippen molar-refractivity contribution in [1.29, 1.82) is 5.26 Å². The first-order valence-electron chi connectivity index (χ1n) is 12.6. The molecule has 0 spiro atoms. The monoisotopic (exact) mass is 515 g/mol. The number of pyridine rings is 1. The third-order valence-electron chi connectivity index (χ3n) is 6.59. The molecule has 0 bridgehead atoms. The topological polar surface area (TPSA) is 107 Å². The largest absolute Gasteiger partial charge is 0.453 e. The number of piperidine rings is 1. The van der Waals surface area contributed by atoms with Gasteiger partial charge in [-0.3, -0.25) is 4.79 Å². The Bertz CT molecular complexity index is 1340. The van der Waals surface area contributed by atoms with Gasteiger partial charge in [-0.2, -0.15) is 5.26 Å². The summed E-state index contributed by atoms with van der Waals surface area (Å²) in [6.07, 6.45) is 2.77. The summed E-state index contributed by atoms with van der Waals surface area (Å²) in [5.41, 5.74) is 2.84. The molecule has 1 saturated heterocycles. The summed E-state index contributed by atoms with van der Waals surface area (Å²) in [5, 5.41) is 15.7. The fraction of sp³-hybridized carbons (Fsp3) is 0.310. The smallest absolute Gasteiger partial charge is 0.409 e. The molecule has 0 aliphatic carbocycles. The molecule has 1 fully saturated rings. The number of nitrogens with zero attached hydrogens (tertiary/aromatic N) is 3. The number of hydrogen-bond donors (Lipinski definition) is 2. The maximum absolute atomic E-state index is 13.6. The normalized spacial score (nSPS) is 14.9. The molecule has 0 saturated carbocycles. The number of ether oxygens (including phenoxy) is 1. The Kier molecular flexibility index (Phi) is 8.88. The van der Waals surface area contributed by atoms with E-state index < -0.39 is 6.09 Å². The molecule has 3 aromatic rings. The van der Waals surface area contributed by atoms with Crippen molar-refractivity contribution in [3.05, 3.63) is 83.2 Å². The highest BCUT2D eigenvalue weighted by molar-refractivity contribution is 5.99. The molecule has 196 valence electrons. The van der Waals surface area contributed by atoms with Crippen molar-refractivity contribution >= 4 is 17.8 Å². The van der Waals surface area contributed by atoms with E-state index in [0.717, 1.165) is 24.8 Å². The first kappa shape index (κ1) is 26.6. The Morgan fingerprint density at radius 1 is 1.16 bits per heavy atom. The predicted octanol–water partition coefficient (Wildman–Crippen LogP) is 4.76. The Hall–Kier alpha value is -4.45. The number of aromatic nitrogens is 1. The summed E-state index contributed by atoms with van der Waals surface area (Å²) in [4.78, 5) is 31.8. The number of amides is 2. The van der Waals surface area contributed by atoms with Crippen LogP contribution < -0.4 is 10.6 Å². The highest BCUT2D eigenvalue weighted by Gasteiger charge is 2.28. The van der Waals surface area contributed by atoms with Crippen molar-refractivity contribution in [2.75, 3.05) is 32.1 Å². The van der Waals surface area contributed by atoms with Crippen LogP contribution in [0.25, 0.3) is 11.3 Å². The van der Waals surface area contributed by atoms with Crippen LogP contribution >= 0.6 is 0 Å². The SMILES string of the molecule is COC(=O)N1CCCC[C@@H]1CNC(=O)c1ccc(-c2ccccc2C#N)nc1NCCc1cccc(F)c1. The van der Waals surface area contributed by atoms with E-state index in [1.807, 2.05) is 18.2 Å². The van der Waals surface area contributed by atoms with E-state index in [1.54, 1.807) is 35.2 Å². The van der Waals surface area contributed by atoms with Gasteiger partial charge in [0.15, 0.2) is 0 Å². The highest BCUT2D eigenvalue weighted by atomic mass is 19.1. The van der Waals surface area contributed by atoms with E-state index in [4.69, 9.17) is 9.72 Å². The number of halogens is 1. The molecule has 0 unspecified atom stereocenters. The number of benzene rings is 2. The van der Waals surface area contributed by atoms with Crippen LogP contribution in [-0.4, -0.2) is 54.7 Å². The van der Waals surface area contributed by atoms with Crippen LogP contribution in [0.4, 0.5) is 15.0 Å². The zero-order valence-corrected chi connectivity index (χ0v) is 21.2. The zero-order valence-electron chi connectivity index (χ0n) is 21.2. The molecule has 1 atom stereocenters. The molecule has 9 heteroatoms. The maximum atomic E-state index is 13.6. The second-order valence-electron chi connectivity index (χ2n) is 9.08. The standard InChI is InChI=1S/C29H30FN5O3/c1-38-29(37)35-16-5-4-10-23(35)19-33-28(36)25-12-13-26(24-11-3-2-8-21(24)18-31)34-27(25)32-15-14-20-7-6-9-22(30)17-20/h2-3,6-9,11-13,17,23H,4-5,10,14-16,19H2,1H3,(H,32,34)(H,33,36)/t23-/m1/s1. The van der Waals surface area contributed by atoms with Gasteiger partial charge < -0.3 is 20.3 Å². The lowest BCUT2D eigenvalue weighted by atomic mass is 10.0. The van der Waals surface area contributed by atoms with Gasteiger partial charge in [0.25, 0.3) is 5.91 Å². The molecule has 2 amide bonds. The summed E-state index contributed by atoms with van der Waals surface area (Å²) in [6, 6.07) is 18.9. The van der Waals surface area contributed by atoms with Crippen LogP contribution in [0.2, 0.25) is 0 Å². The summed E-state index contributed by atoms with van der Waals surface area (Å²) < 4.78 is 18.5. The van der Waals surface area contributed by atoms with Gasteiger partial charge in [-0.15, -0.1) is 0 Å². The van der Waals surface area contributed by atoms with Crippen molar-refractivity contribution in [2.24, 2.45) is 0 Å². The minimum absolute atomic E-state index is 0.153. The van der Waals surface area contributed by atoms with Crippen molar-refractivity contribution in [2.45, 2.75) is 31.7 Å². The fourth-order valence-electron chi connectivity index (χ4n) is 4.62. The molecule has 2 heterocycles. The number of nitriles is 1. The molecule has 2 aromatic carbocycles. The third-order valence-corrected chi connectivity index (χ3v) is 6.59. The van der Waals surface area contributed by atoms with Crippen LogP contribution in [0.3, 0.4) is 0 Å². The number of carbonyl (C=O) groups excluding carboxylic acids is 2. The summed E-state index contributed by atoms with van der Waals surface area (Å²) in [6.45, 7) is 1.29. The molecule has 1 aromatic heterocycles. The van der Waals surface area contributed by atoms with Crippen LogP contribution in [0, 0.1) is 17.1 Å². The van der Waals surface area contributed by atoms with Gasteiger partial charge >= 0.3 is 6.09 Å². The van der Waals surface area contributed by atoms with Crippen molar-refractivity contribution in [3.63, 3.8) is 0 Å². The Morgan fingerprint density at radius 2 is 2.00 bits per heavy atom. The number of carbonyl (C=O) groups is 2. The van der Waals surface area contributed by atoms with Gasteiger partial charge in [-0.05, 0) is 61.6 Å². The third kappa shape index (κ3) is 6.45. The average molecular weight is 516 g/mol. The molecule has 38 heavy (non-hydrogen) atoms. The number of rotatable bonds is 8. The van der Waals surface area contributed by atoms with Crippen LogP contribution in [0.15, 0.2) is 60.7 Å². The molecule has 8 nitrogen and oxygen atoms in total. The lowest BCUT2D eigenvalue weighted by Crippen LogP contribution is -2.49. The summed E-state index contributed by atoms with van der Waals surface area (Å²) in [7, 11) is 1.35. The molecule has 1 aliphatic rings. The van der Waals surface area contributed by atoms with Gasteiger partial charge in [0, 0.05) is 25.2 Å². The van der Waals surface area contributed by atoms with Crippen molar-refractivity contribution in [1.82, 2.24) is 15.2 Å². The van der Waals surface area contributed by atoms with Crippen LogP contribution in [0.5, 0.6) is 0 Å². The maximum Gasteiger partial charge on any atom is 0.409 e. The lowest BCUT2D eigenvalue weighted by Gasteiger charge is -2.34. The Morgan fingerprint density at radius 3 is 2.79 bits per heavy atom. The number of anilines is 1. The van der Waals surface area contributed by atoms with E-state index in [-0.39, 0.29) is 24.3 Å². The first-order valence-corrected chi connectivity index (χ1v) is 12.6. The van der Waals surface area contributed by atoms with Crippen LogP contribution in [-0.2, 0) is 11.2 Å². The number of nitrogens with one attached hydrogen (secondary N) is 2. The second-order valence-corrected chi connectivity index (χ2v) is 9.08. The number of likely N-dealkylation sites (tertiary alicyclic amines) is 1. The summed E-state index contributed by atoms with van der Waals surface area (Å²) in [5.74, 6) is -0.279. The van der Waals surface area contributed by atoms with Gasteiger partial charge in [-0.1, -0.05) is 30.3 Å². The Balaban J connectivity index is 1.55. The van der Waals surface area contributed by atoms with Crippen molar-refractivity contribution in [3.8, 4) is 17.3 Å². The zero-order chi connectivity index (χ0) is 26.9. The van der Waals surface area contributed by atoms with E-state index in [2.05, 4.69) is 16.7 Å². The van der Waals surface area contributed by atoms with E-state index in [9.17, 15) is 19.2 Å².